The molecule has 0 aliphatic heterocycles. The number of benzene rings is 1. The van der Waals surface area contributed by atoms with Crippen molar-refractivity contribution in [1.29, 1.82) is 0 Å². The maximum Gasteiger partial charge on any atom is 0.303 e. The van der Waals surface area contributed by atoms with Gasteiger partial charge in [-0.25, -0.2) is 0 Å². The maximum absolute atomic E-state index is 11.6. The molecule has 0 spiro atoms. The molecule has 0 aliphatic rings. The summed E-state index contributed by atoms with van der Waals surface area (Å²) in [5.41, 5.74) is 1.72. The van der Waals surface area contributed by atoms with Crippen molar-refractivity contribution < 1.29 is 14.7 Å². The minimum Gasteiger partial charge on any atom is -0.481 e. The minimum absolute atomic E-state index is 0.0738. The normalized spacial score (nSPS) is 10.5. The Morgan fingerprint density at radius 1 is 1.05 bits per heavy atom. The van der Waals surface area contributed by atoms with Crippen LogP contribution in [0.5, 0.6) is 0 Å². The predicted molar refractivity (Wildman–Crippen MR) is 79.7 cm³/mol. The van der Waals surface area contributed by atoms with Crippen LogP contribution in [0.4, 0.5) is 0 Å². The van der Waals surface area contributed by atoms with Crippen LogP contribution in [0.25, 0.3) is 10.9 Å². The average Bonchev–Trinajstić information content (AvgIpc) is 2.49. The number of aliphatic carboxylic acids is 1. The fourth-order valence-electron chi connectivity index (χ4n) is 2.05. The van der Waals surface area contributed by atoms with Crippen LogP contribution in [0.1, 0.15) is 31.4 Å². The fraction of sp³-hybridized carbons (Fsp3) is 0.312. The molecule has 110 valence electrons. The van der Waals surface area contributed by atoms with Crippen LogP contribution in [0, 0.1) is 0 Å². The number of hydrogen-bond donors (Lipinski definition) is 2. The second kappa shape index (κ2) is 7.38. The van der Waals surface area contributed by atoms with E-state index in [0.717, 1.165) is 16.6 Å². The number of hydrogen-bond acceptors (Lipinski definition) is 3. The number of pyridine rings is 1. The smallest absolute Gasteiger partial charge is 0.303 e. The number of amides is 1. The Labute approximate surface area is 123 Å². The Bertz CT molecular complexity index is 640. The van der Waals surface area contributed by atoms with Gasteiger partial charge in [-0.05, 0) is 25.0 Å². The number of carboxylic acid groups (broad SMARTS) is 1. The van der Waals surface area contributed by atoms with E-state index in [-0.39, 0.29) is 12.3 Å². The fourth-order valence-corrected chi connectivity index (χ4v) is 2.05. The molecule has 2 aromatic rings. The van der Waals surface area contributed by atoms with E-state index in [1.54, 1.807) is 0 Å². The van der Waals surface area contributed by atoms with E-state index in [2.05, 4.69) is 10.3 Å². The van der Waals surface area contributed by atoms with E-state index in [1.807, 2.05) is 36.4 Å². The van der Waals surface area contributed by atoms with Gasteiger partial charge in [0.05, 0.1) is 17.8 Å². The Hall–Kier alpha value is -2.43. The molecule has 0 saturated heterocycles. The summed E-state index contributed by atoms with van der Waals surface area (Å²) in [7, 11) is 0. The summed E-state index contributed by atoms with van der Waals surface area (Å²) in [6, 6.07) is 11.7. The van der Waals surface area contributed by atoms with Crippen molar-refractivity contribution in [1.82, 2.24) is 10.3 Å². The number of carbonyl (C=O) groups excluding carboxylic acids is 1. The third-order valence-electron chi connectivity index (χ3n) is 3.17. The largest absolute Gasteiger partial charge is 0.481 e. The molecule has 0 radical (unpaired) electrons. The molecule has 2 rings (SSSR count). The highest BCUT2D eigenvalue weighted by Crippen LogP contribution is 2.11. The molecule has 0 saturated carbocycles. The van der Waals surface area contributed by atoms with Crippen molar-refractivity contribution in [2.75, 3.05) is 0 Å². The highest BCUT2D eigenvalue weighted by Gasteiger charge is 2.04. The van der Waals surface area contributed by atoms with Gasteiger partial charge in [-0.15, -0.1) is 0 Å². The molecule has 1 aromatic heterocycles. The van der Waals surface area contributed by atoms with Crippen molar-refractivity contribution in [2.45, 2.75) is 32.2 Å². The van der Waals surface area contributed by atoms with Gasteiger partial charge in [-0.3, -0.25) is 14.6 Å². The molecule has 21 heavy (non-hydrogen) atoms. The molecule has 0 unspecified atom stereocenters. The Kier molecular flexibility index (Phi) is 5.26. The zero-order valence-corrected chi connectivity index (χ0v) is 11.7. The standard InChI is InChI=1S/C16H18N2O3/c19-15(7-3-4-8-16(20)21)17-11-13-10-9-12-5-1-2-6-14(12)18-13/h1-2,5-6,9-10H,3-4,7-8,11H2,(H,17,19)(H,20,21). The topological polar surface area (TPSA) is 79.3 Å². The van der Waals surface area contributed by atoms with Crippen LogP contribution in [0.15, 0.2) is 36.4 Å². The molecular weight excluding hydrogens is 268 g/mol. The van der Waals surface area contributed by atoms with Gasteiger partial charge in [-0.1, -0.05) is 24.3 Å². The summed E-state index contributed by atoms with van der Waals surface area (Å²) in [5.74, 6) is -0.897. The summed E-state index contributed by atoms with van der Waals surface area (Å²) in [4.78, 5) is 26.5. The van der Waals surface area contributed by atoms with Crippen molar-refractivity contribution in [3.63, 3.8) is 0 Å². The van der Waals surface area contributed by atoms with Crippen LogP contribution in [0.2, 0.25) is 0 Å². The molecule has 2 N–H and O–H groups in total. The van der Waals surface area contributed by atoms with Crippen molar-refractivity contribution >= 4 is 22.8 Å². The number of carbonyl (C=O) groups is 2. The van der Waals surface area contributed by atoms with Gasteiger partial charge in [0.1, 0.15) is 0 Å². The maximum atomic E-state index is 11.6. The summed E-state index contributed by atoms with van der Waals surface area (Å²) in [5, 5.41) is 12.4. The first-order valence-electron chi connectivity index (χ1n) is 6.98. The first-order chi connectivity index (χ1) is 10.1. The molecule has 5 heteroatoms. The van der Waals surface area contributed by atoms with E-state index >= 15 is 0 Å². The molecular formula is C16H18N2O3. The Morgan fingerprint density at radius 3 is 2.62 bits per heavy atom. The first-order valence-corrected chi connectivity index (χ1v) is 6.98. The van der Waals surface area contributed by atoms with Crippen LogP contribution in [-0.4, -0.2) is 22.0 Å². The van der Waals surface area contributed by atoms with Gasteiger partial charge >= 0.3 is 5.97 Å². The molecule has 1 amide bonds. The number of para-hydroxylation sites is 1. The first kappa shape index (κ1) is 15.0. The predicted octanol–water partition coefficient (Wildman–Crippen LogP) is 2.50. The number of unbranched alkanes of at least 4 members (excludes halogenated alkanes) is 1. The zero-order valence-electron chi connectivity index (χ0n) is 11.7. The highest BCUT2D eigenvalue weighted by atomic mass is 16.4. The minimum atomic E-state index is -0.823. The lowest BCUT2D eigenvalue weighted by Crippen LogP contribution is -2.22. The van der Waals surface area contributed by atoms with Gasteiger partial charge in [-0.2, -0.15) is 0 Å². The number of aromatic nitrogens is 1. The van der Waals surface area contributed by atoms with Gasteiger partial charge in [0.15, 0.2) is 0 Å². The van der Waals surface area contributed by atoms with E-state index in [1.165, 1.54) is 0 Å². The zero-order chi connectivity index (χ0) is 15.1. The quantitative estimate of drug-likeness (QED) is 0.766. The Balaban J connectivity index is 1.78. The number of nitrogens with one attached hydrogen (secondary N) is 1. The monoisotopic (exact) mass is 286 g/mol. The van der Waals surface area contributed by atoms with E-state index in [4.69, 9.17) is 5.11 Å². The van der Waals surface area contributed by atoms with Gasteiger partial charge < -0.3 is 10.4 Å². The lowest BCUT2D eigenvalue weighted by Gasteiger charge is -2.05. The van der Waals surface area contributed by atoms with Gasteiger partial charge in [0, 0.05) is 18.2 Å². The lowest BCUT2D eigenvalue weighted by molar-refractivity contribution is -0.137. The van der Waals surface area contributed by atoms with Crippen molar-refractivity contribution in [2.24, 2.45) is 0 Å². The third kappa shape index (κ3) is 4.87. The third-order valence-corrected chi connectivity index (χ3v) is 3.17. The van der Waals surface area contributed by atoms with E-state index in [0.29, 0.717) is 25.8 Å². The summed E-state index contributed by atoms with van der Waals surface area (Å²) >= 11 is 0. The second-order valence-electron chi connectivity index (χ2n) is 4.87. The van der Waals surface area contributed by atoms with Crippen LogP contribution in [0.3, 0.4) is 0 Å². The molecule has 1 aromatic carbocycles. The van der Waals surface area contributed by atoms with E-state index in [9.17, 15) is 9.59 Å². The lowest BCUT2D eigenvalue weighted by atomic mass is 10.2. The van der Waals surface area contributed by atoms with Crippen molar-refractivity contribution in [3.8, 4) is 0 Å². The van der Waals surface area contributed by atoms with Gasteiger partial charge in [0.25, 0.3) is 0 Å². The number of nitrogens with zero attached hydrogens (tertiary/aromatic N) is 1. The summed E-state index contributed by atoms with van der Waals surface area (Å²) in [6.45, 7) is 0.391. The van der Waals surface area contributed by atoms with Crippen LogP contribution in [-0.2, 0) is 16.1 Å². The molecule has 1 heterocycles. The highest BCUT2D eigenvalue weighted by molar-refractivity contribution is 5.79. The Morgan fingerprint density at radius 2 is 1.81 bits per heavy atom. The van der Waals surface area contributed by atoms with Crippen molar-refractivity contribution in [3.05, 3.63) is 42.1 Å². The van der Waals surface area contributed by atoms with E-state index < -0.39 is 5.97 Å². The summed E-state index contributed by atoms with van der Waals surface area (Å²) in [6.07, 6.45) is 1.57. The van der Waals surface area contributed by atoms with Gasteiger partial charge in [0.2, 0.25) is 5.91 Å². The number of carboxylic acids is 1. The average molecular weight is 286 g/mol. The SMILES string of the molecule is O=C(O)CCCCC(=O)NCc1ccc2ccccc2n1. The molecule has 5 nitrogen and oxygen atoms in total. The molecule has 0 bridgehead atoms. The summed E-state index contributed by atoms with van der Waals surface area (Å²) < 4.78 is 0. The number of fused-ring (bicyclic) bond motifs is 1. The number of rotatable bonds is 7. The molecule has 0 aliphatic carbocycles. The van der Waals surface area contributed by atoms with Crippen LogP contribution >= 0.6 is 0 Å². The molecule has 0 atom stereocenters. The second-order valence-corrected chi connectivity index (χ2v) is 4.87. The molecule has 0 fully saturated rings. The van der Waals surface area contributed by atoms with Crippen LogP contribution < -0.4 is 5.32 Å².